The number of rotatable bonds is 7. The number of benzene rings is 2. The van der Waals surface area contributed by atoms with Crippen LogP contribution in [0.2, 0.25) is 0 Å². The molecule has 0 amide bonds. The molecule has 1 aromatic heterocycles. The highest BCUT2D eigenvalue weighted by atomic mass is 32.2. The molecular weight excluding hydrogens is 406 g/mol. The molecule has 2 heterocycles. The number of carbonyl (C=O) groups is 2. The predicted octanol–water partition coefficient (Wildman–Crippen LogP) is 2.17. The summed E-state index contributed by atoms with van der Waals surface area (Å²) in [7, 11) is 0. The number of hydrogen-bond acceptors (Lipinski definition) is 8. The summed E-state index contributed by atoms with van der Waals surface area (Å²) in [5.74, 6) is -1.00. The van der Waals surface area contributed by atoms with Crippen LogP contribution in [0, 0.1) is 0 Å². The van der Waals surface area contributed by atoms with Crippen molar-refractivity contribution in [1.82, 2.24) is 20.2 Å². The number of anilines is 1. The minimum absolute atomic E-state index is 0.0606. The monoisotopic (exact) mass is 425 g/mol. The molecule has 0 spiro atoms. The molecule has 9 nitrogen and oxygen atoms in total. The number of Topliss-reactive ketones (excluding diaryl/α,β-unsaturated/α-hetero) is 1. The highest BCUT2D eigenvalue weighted by Crippen LogP contribution is 2.23. The second kappa shape index (κ2) is 9.06. The zero-order valence-electron chi connectivity index (χ0n) is 16.0. The van der Waals surface area contributed by atoms with Gasteiger partial charge in [0.1, 0.15) is 0 Å². The third-order valence-corrected chi connectivity index (χ3v) is 5.62. The number of ketones is 1. The minimum Gasteiger partial charge on any atom is -0.478 e. The summed E-state index contributed by atoms with van der Waals surface area (Å²) in [6.45, 7) is 3.08. The van der Waals surface area contributed by atoms with Gasteiger partial charge in [0.25, 0.3) is 0 Å². The third kappa shape index (κ3) is 4.34. The van der Waals surface area contributed by atoms with Crippen molar-refractivity contribution in [2.45, 2.75) is 5.16 Å². The van der Waals surface area contributed by atoms with E-state index in [1.54, 1.807) is 18.2 Å². The quantitative estimate of drug-likeness (QED) is 0.450. The van der Waals surface area contributed by atoms with Gasteiger partial charge in [0.2, 0.25) is 5.16 Å². The van der Waals surface area contributed by atoms with E-state index in [0.717, 1.165) is 30.5 Å². The van der Waals surface area contributed by atoms with Crippen LogP contribution in [0.1, 0.15) is 20.7 Å². The molecule has 1 aliphatic rings. The number of aromatic nitrogens is 4. The lowest BCUT2D eigenvalue weighted by Gasteiger charge is -2.28. The van der Waals surface area contributed by atoms with E-state index in [9.17, 15) is 14.7 Å². The SMILES string of the molecule is O=C(CSc1nnnn1-c1ccccc1C(=O)O)c1ccc(N2CCOCC2)cc1. The summed E-state index contributed by atoms with van der Waals surface area (Å²) in [6, 6.07) is 14.0. The van der Waals surface area contributed by atoms with Crippen molar-refractivity contribution in [3.05, 3.63) is 59.7 Å². The van der Waals surface area contributed by atoms with Crippen molar-refractivity contribution in [2.24, 2.45) is 0 Å². The van der Waals surface area contributed by atoms with Crippen molar-refractivity contribution in [2.75, 3.05) is 37.0 Å². The Morgan fingerprint density at radius 2 is 1.80 bits per heavy atom. The molecule has 0 radical (unpaired) electrons. The van der Waals surface area contributed by atoms with Crippen LogP contribution in [0.3, 0.4) is 0 Å². The van der Waals surface area contributed by atoms with Gasteiger partial charge >= 0.3 is 5.97 Å². The maximum Gasteiger partial charge on any atom is 0.337 e. The fourth-order valence-electron chi connectivity index (χ4n) is 3.15. The first kappa shape index (κ1) is 20.0. The number of nitrogens with zero attached hydrogens (tertiary/aromatic N) is 5. The Kier molecular flexibility index (Phi) is 6.05. The number of carboxylic acids is 1. The average molecular weight is 425 g/mol. The molecule has 1 aliphatic heterocycles. The predicted molar refractivity (Wildman–Crippen MR) is 111 cm³/mol. The minimum atomic E-state index is -1.08. The number of aromatic carboxylic acids is 1. The fourth-order valence-corrected chi connectivity index (χ4v) is 3.93. The van der Waals surface area contributed by atoms with Crippen LogP contribution in [-0.2, 0) is 4.74 Å². The molecule has 10 heteroatoms. The molecule has 0 bridgehead atoms. The van der Waals surface area contributed by atoms with Crippen molar-refractivity contribution < 1.29 is 19.4 Å². The number of morpholine rings is 1. The molecule has 1 N–H and O–H groups in total. The molecule has 1 fully saturated rings. The largest absolute Gasteiger partial charge is 0.478 e. The van der Waals surface area contributed by atoms with Gasteiger partial charge in [-0.3, -0.25) is 4.79 Å². The number of carbonyl (C=O) groups excluding carboxylic acids is 1. The van der Waals surface area contributed by atoms with Gasteiger partial charge < -0.3 is 14.7 Å². The molecule has 0 aliphatic carbocycles. The van der Waals surface area contributed by atoms with E-state index in [4.69, 9.17) is 4.74 Å². The van der Waals surface area contributed by atoms with E-state index in [0.29, 0.717) is 29.6 Å². The highest BCUT2D eigenvalue weighted by molar-refractivity contribution is 7.99. The van der Waals surface area contributed by atoms with Crippen LogP contribution in [0.25, 0.3) is 5.69 Å². The maximum atomic E-state index is 12.6. The van der Waals surface area contributed by atoms with E-state index >= 15 is 0 Å². The van der Waals surface area contributed by atoms with Crippen LogP contribution in [0.15, 0.2) is 53.7 Å². The molecule has 154 valence electrons. The summed E-state index contributed by atoms with van der Waals surface area (Å²) in [5.41, 5.74) is 2.10. The van der Waals surface area contributed by atoms with Crippen molar-refractivity contribution in [3.63, 3.8) is 0 Å². The molecule has 30 heavy (non-hydrogen) atoms. The molecule has 0 saturated carbocycles. The van der Waals surface area contributed by atoms with Gasteiger partial charge in [0.15, 0.2) is 5.78 Å². The summed E-state index contributed by atoms with van der Waals surface area (Å²) in [6.07, 6.45) is 0. The first-order valence-corrected chi connectivity index (χ1v) is 10.3. The van der Waals surface area contributed by atoms with Crippen molar-refractivity contribution in [1.29, 1.82) is 0 Å². The molecular formula is C20H19N5O4S. The van der Waals surface area contributed by atoms with Gasteiger partial charge in [0.05, 0.1) is 30.2 Å². The number of tetrazole rings is 1. The Morgan fingerprint density at radius 1 is 1.07 bits per heavy atom. The second-order valence-corrected chi connectivity index (χ2v) is 7.50. The highest BCUT2D eigenvalue weighted by Gasteiger charge is 2.18. The van der Waals surface area contributed by atoms with Crippen LogP contribution >= 0.6 is 11.8 Å². The number of thioether (sulfide) groups is 1. The molecule has 4 rings (SSSR count). The Hall–Kier alpha value is -3.24. The lowest BCUT2D eigenvalue weighted by Crippen LogP contribution is -2.36. The maximum absolute atomic E-state index is 12.6. The van der Waals surface area contributed by atoms with Crippen molar-refractivity contribution in [3.8, 4) is 5.69 Å². The van der Waals surface area contributed by atoms with Crippen LogP contribution in [0.5, 0.6) is 0 Å². The standard InChI is InChI=1S/C20H19N5O4S/c26-18(14-5-7-15(8-6-14)24-9-11-29-12-10-24)13-30-20-21-22-23-25(20)17-4-2-1-3-16(17)19(27)28/h1-8H,9-13H2,(H,27,28). The van der Waals surface area contributed by atoms with Gasteiger partial charge in [-0.15, -0.1) is 5.10 Å². The summed E-state index contributed by atoms with van der Waals surface area (Å²) < 4.78 is 6.70. The Morgan fingerprint density at radius 3 is 2.53 bits per heavy atom. The van der Waals surface area contributed by atoms with Gasteiger partial charge in [0, 0.05) is 24.3 Å². The van der Waals surface area contributed by atoms with Gasteiger partial charge in [-0.05, 0) is 46.8 Å². The summed E-state index contributed by atoms with van der Waals surface area (Å²) in [4.78, 5) is 26.3. The van der Waals surface area contributed by atoms with E-state index in [1.807, 2.05) is 24.3 Å². The van der Waals surface area contributed by atoms with E-state index in [2.05, 4.69) is 20.4 Å². The lowest BCUT2D eigenvalue weighted by molar-refractivity contribution is 0.0696. The average Bonchev–Trinajstić information content (AvgIpc) is 3.26. The number of carboxylic acid groups (broad SMARTS) is 1. The Labute approximate surface area is 176 Å². The Balaban J connectivity index is 1.44. The zero-order chi connectivity index (χ0) is 20.9. The second-order valence-electron chi connectivity index (χ2n) is 6.55. The molecule has 2 aromatic carbocycles. The van der Waals surface area contributed by atoms with E-state index in [1.165, 1.54) is 10.7 Å². The van der Waals surface area contributed by atoms with Gasteiger partial charge in [-0.25, -0.2) is 4.79 Å². The molecule has 0 unspecified atom stereocenters. The molecule has 3 aromatic rings. The first-order valence-electron chi connectivity index (χ1n) is 9.33. The van der Waals surface area contributed by atoms with Crippen LogP contribution in [-0.4, -0.2) is 69.1 Å². The fraction of sp³-hybridized carbons (Fsp3) is 0.250. The van der Waals surface area contributed by atoms with Crippen molar-refractivity contribution >= 4 is 29.2 Å². The zero-order valence-corrected chi connectivity index (χ0v) is 16.8. The third-order valence-electron chi connectivity index (χ3n) is 4.70. The summed E-state index contributed by atoms with van der Waals surface area (Å²) in [5, 5.41) is 21.2. The van der Waals surface area contributed by atoms with Crippen LogP contribution in [0.4, 0.5) is 5.69 Å². The topological polar surface area (TPSA) is 110 Å². The van der Waals surface area contributed by atoms with E-state index < -0.39 is 5.97 Å². The van der Waals surface area contributed by atoms with Crippen LogP contribution < -0.4 is 4.90 Å². The number of hydrogen-bond donors (Lipinski definition) is 1. The smallest absolute Gasteiger partial charge is 0.337 e. The molecule has 0 atom stereocenters. The number of para-hydroxylation sites is 1. The Bertz CT molecular complexity index is 1050. The van der Waals surface area contributed by atoms with Gasteiger partial charge in [-0.2, -0.15) is 4.68 Å². The van der Waals surface area contributed by atoms with Gasteiger partial charge in [-0.1, -0.05) is 23.9 Å². The lowest BCUT2D eigenvalue weighted by atomic mass is 10.1. The normalized spacial score (nSPS) is 13.9. The first-order chi connectivity index (χ1) is 14.6. The van der Waals surface area contributed by atoms with E-state index in [-0.39, 0.29) is 17.1 Å². The number of ether oxygens (including phenoxy) is 1. The molecule has 1 saturated heterocycles. The summed E-state index contributed by atoms with van der Waals surface area (Å²) >= 11 is 1.16.